The smallest absolute Gasteiger partial charge is 0.236 e. The molecule has 0 aromatic heterocycles. The second-order valence-electron chi connectivity index (χ2n) is 3.56. The van der Waals surface area contributed by atoms with E-state index < -0.39 is 0 Å². The molecule has 0 spiro atoms. The number of likely N-dealkylation sites (N-methyl/N-ethyl adjacent to an activating group) is 1. The SMILES string of the molecule is CNC(=O)[C@@H](C)NCc1ccc(SC)cc1. The first-order valence-corrected chi connectivity index (χ1v) is 6.47. The normalized spacial score (nSPS) is 12.2. The highest BCUT2D eigenvalue weighted by atomic mass is 32.2. The lowest BCUT2D eigenvalue weighted by Crippen LogP contribution is -2.40. The number of hydrogen-bond donors (Lipinski definition) is 2. The monoisotopic (exact) mass is 238 g/mol. The van der Waals surface area contributed by atoms with Crippen LogP contribution in [0.4, 0.5) is 0 Å². The van der Waals surface area contributed by atoms with Gasteiger partial charge in [-0.05, 0) is 30.9 Å². The molecule has 1 aromatic carbocycles. The Morgan fingerprint density at radius 1 is 1.38 bits per heavy atom. The fraction of sp³-hybridized carbons (Fsp3) is 0.417. The zero-order chi connectivity index (χ0) is 12.0. The van der Waals surface area contributed by atoms with E-state index in [1.807, 2.05) is 6.92 Å². The number of rotatable bonds is 5. The lowest BCUT2D eigenvalue weighted by molar-refractivity contribution is -0.122. The summed E-state index contributed by atoms with van der Waals surface area (Å²) in [4.78, 5) is 12.5. The molecule has 0 saturated heterocycles. The first-order chi connectivity index (χ1) is 7.67. The molecule has 0 fully saturated rings. The van der Waals surface area contributed by atoms with Gasteiger partial charge in [0.15, 0.2) is 0 Å². The van der Waals surface area contributed by atoms with E-state index in [4.69, 9.17) is 0 Å². The molecule has 0 saturated carbocycles. The van der Waals surface area contributed by atoms with Crippen molar-refractivity contribution in [2.75, 3.05) is 13.3 Å². The molecular formula is C12H18N2OS. The highest BCUT2D eigenvalue weighted by molar-refractivity contribution is 7.98. The predicted octanol–water partition coefficient (Wildman–Crippen LogP) is 1.63. The van der Waals surface area contributed by atoms with E-state index in [9.17, 15) is 4.79 Å². The van der Waals surface area contributed by atoms with Crippen LogP contribution in [0.5, 0.6) is 0 Å². The third-order valence-corrected chi connectivity index (χ3v) is 3.15. The summed E-state index contributed by atoms with van der Waals surface area (Å²) in [6, 6.07) is 8.17. The van der Waals surface area contributed by atoms with Crippen molar-refractivity contribution < 1.29 is 4.79 Å². The van der Waals surface area contributed by atoms with Crippen LogP contribution in [-0.2, 0) is 11.3 Å². The van der Waals surface area contributed by atoms with Crippen LogP contribution in [-0.4, -0.2) is 25.3 Å². The number of carbonyl (C=O) groups excluding carboxylic acids is 1. The van der Waals surface area contributed by atoms with Gasteiger partial charge in [-0.25, -0.2) is 0 Å². The molecule has 0 aliphatic rings. The van der Waals surface area contributed by atoms with Crippen molar-refractivity contribution in [1.82, 2.24) is 10.6 Å². The standard InChI is InChI=1S/C12H18N2OS/c1-9(12(15)13-2)14-8-10-4-6-11(16-3)7-5-10/h4-7,9,14H,8H2,1-3H3,(H,13,15)/t9-/m1/s1. The highest BCUT2D eigenvalue weighted by Crippen LogP contribution is 2.14. The van der Waals surface area contributed by atoms with E-state index in [0.29, 0.717) is 6.54 Å². The summed E-state index contributed by atoms with van der Waals surface area (Å²) in [5.41, 5.74) is 1.19. The molecule has 1 atom stereocenters. The third-order valence-electron chi connectivity index (χ3n) is 2.41. The van der Waals surface area contributed by atoms with E-state index in [1.54, 1.807) is 18.8 Å². The van der Waals surface area contributed by atoms with Crippen molar-refractivity contribution in [3.8, 4) is 0 Å². The fourth-order valence-corrected chi connectivity index (χ4v) is 1.73. The fourth-order valence-electron chi connectivity index (χ4n) is 1.32. The van der Waals surface area contributed by atoms with E-state index >= 15 is 0 Å². The Kier molecular flexibility index (Phi) is 5.35. The first-order valence-electron chi connectivity index (χ1n) is 5.25. The molecule has 0 bridgehead atoms. The van der Waals surface area contributed by atoms with Crippen molar-refractivity contribution in [3.05, 3.63) is 29.8 Å². The molecule has 4 heteroatoms. The maximum absolute atomic E-state index is 11.3. The minimum absolute atomic E-state index is 0.0146. The molecule has 0 aliphatic carbocycles. The highest BCUT2D eigenvalue weighted by Gasteiger charge is 2.09. The van der Waals surface area contributed by atoms with Gasteiger partial charge in [0.25, 0.3) is 0 Å². The molecule has 1 amide bonds. The molecule has 0 heterocycles. The largest absolute Gasteiger partial charge is 0.358 e. The quantitative estimate of drug-likeness (QED) is 0.766. The minimum atomic E-state index is -0.162. The number of amides is 1. The van der Waals surface area contributed by atoms with E-state index in [-0.39, 0.29) is 11.9 Å². The number of thioether (sulfide) groups is 1. The molecule has 0 radical (unpaired) electrons. The van der Waals surface area contributed by atoms with Gasteiger partial charge in [-0.3, -0.25) is 4.79 Å². The maximum Gasteiger partial charge on any atom is 0.236 e. The average molecular weight is 238 g/mol. The summed E-state index contributed by atoms with van der Waals surface area (Å²) in [6.45, 7) is 2.57. The Morgan fingerprint density at radius 2 is 2.00 bits per heavy atom. The molecule has 16 heavy (non-hydrogen) atoms. The molecule has 0 aliphatic heterocycles. The lowest BCUT2D eigenvalue weighted by atomic mass is 10.2. The molecule has 1 rings (SSSR count). The molecule has 3 nitrogen and oxygen atoms in total. The molecule has 2 N–H and O–H groups in total. The van der Waals surface area contributed by atoms with Crippen LogP contribution < -0.4 is 10.6 Å². The summed E-state index contributed by atoms with van der Waals surface area (Å²) in [7, 11) is 1.65. The van der Waals surface area contributed by atoms with Gasteiger partial charge in [-0.2, -0.15) is 0 Å². The Bertz CT molecular complexity index is 337. The van der Waals surface area contributed by atoms with Crippen molar-refractivity contribution in [2.45, 2.75) is 24.4 Å². The van der Waals surface area contributed by atoms with Gasteiger partial charge in [0.2, 0.25) is 5.91 Å². The van der Waals surface area contributed by atoms with Gasteiger partial charge < -0.3 is 10.6 Å². The molecular weight excluding hydrogens is 220 g/mol. The minimum Gasteiger partial charge on any atom is -0.358 e. The summed E-state index contributed by atoms with van der Waals surface area (Å²) >= 11 is 1.73. The number of carbonyl (C=O) groups is 1. The molecule has 88 valence electrons. The zero-order valence-corrected chi connectivity index (χ0v) is 10.7. The summed E-state index contributed by atoms with van der Waals surface area (Å²) < 4.78 is 0. The number of nitrogens with one attached hydrogen (secondary N) is 2. The molecule has 1 aromatic rings. The van der Waals surface area contributed by atoms with Gasteiger partial charge in [-0.1, -0.05) is 12.1 Å². The predicted molar refractivity (Wildman–Crippen MR) is 68.6 cm³/mol. The van der Waals surface area contributed by atoms with Gasteiger partial charge in [-0.15, -0.1) is 11.8 Å². The Labute approximate surface area is 101 Å². The third kappa shape index (κ3) is 3.87. The van der Waals surface area contributed by atoms with Crippen molar-refractivity contribution in [1.29, 1.82) is 0 Å². The second kappa shape index (κ2) is 6.55. The van der Waals surface area contributed by atoms with Crippen LogP contribution in [0, 0.1) is 0 Å². The lowest BCUT2D eigenvalue weighted by Gasteiger charge is -2.12. The van der Waals surface area contributed by atoms with Crippen LogP contribution in [0.25, 0.3) is 0 Å². The van der Waals surface area contributed by atoms with Crippen molar-refractivity contribution in [3.63, 3.8) is 0 Å². The topological polar surface area (TPSA) is 41.1 Å². The van der Waals surface area contributed by atoms with Crippen molar-refractivity contribution >= 4 is 17.7 Å². The average Bonchev–Trinajstić information content (AvgIpc) is 2.35. The number of hydrogen-bond acceptors (Lipinski definition) is 3. The number of benzene rings is 1. The van der Waals surface area contributed by atoms with Gasteiger partial charge in [0.1, 0.15) is 0 Å². The van der Waals surface area contributed by atoms with Crippen molar-refractivity contribution in [2.24, 2.45) is 0 Å². The Hall–Kier alpha value is -1.00. The second-order valence-corrected chi connectivity index (χ2v) is 4.44. The van der Waals surface area contributed by atoms with Gasteiger partial charge in [0, 0.05) is 18.5 Å². The molecule has 0 unspecified atom stereocenters. The summed E-state index contributed by atoms with van der Waals surface area (Å²) in [6.07, 6.45) is 2.06. The van der Waals surface area contributed by atoms with E-state index in [1.165, 1.54) is 10.5 Å². The van der Waals surface area contributed by atoms with Crippen LogP contribution in [0.2, 0.25) is 0 Å². The van der Waals surface area contributed by atoms with Crippen LogP contribution in [0.1, 0.15) is 12.5 Å². The summed E-state index contributed by atoms with van der Waals surface area (Å²) in [5, 5.41) is 5.78. The van der Waals surface area contributed by atoms with Gasteiger partial charge in [0.05, 0.1) is 6.04 Å². The van der Waals surface area contributed by atoms with E-state index in [0.717, 1.165) is 0 Å². The van der Waals surface area contributed by atoms with Crippen LogP contribution >= 0.6 is 11.8 Å². The van der Waals surface area contributed by atoms with Crippen LogP contribution in [0.15, 0.2) is 29.2 Å². The van der Waals surface area contributed by atoms with E-state index in [2.05, 4.69) is 41.2 Å². The zero-order valence-electron chi connectivity index (χ0n) is 9.91. The Morgan fingerprint density at radius 3 is 2.50 bits per heavy atom. The van der Waals surface area contributed by atoms with Crippen LogP contribution in [0.3, 0.4) is 0 Å². The maximum atomic E-state index is 11.3. The first kappa shape index (κ1) is 13.1. The van der Waals surface area contributed by atoms with Gasteiger partial charge >= 0.3 is 0 Å². The Balaban J connectivity index is 2.45. The summed E-state index contributed by atoms with van der Waals surface area (Å²) in [5.74, 6) is 0.0146.